The van der Waals surface area contributed by atoms with Crippen molar-refractivity contribution in [3.8, 4) is 16.9 Å². The van der Waals surface area contributed by atoms with Crippen molar-refractivity contribution in [2.24, 2.45) is 0 Å². The van der Waals surface area contributed by atoms with Gasteiger partial charge in [-0.2, -0.15) is 0 Å². The number of rotatable bonds is 6. The summed E-state index contributed by atoms with van der Waals surface area (Å²) in [7, 11) is 1.89. The fourth-order valence-corrected chi connectivity index (χ4v) is 2.85. The quantitative estimate of drug-likeness (QED) is 0.642. The molecule has 2 heterocycles. The third-order valence-corrected chi connectivity index (χ3v) is 4.22. The van der Waals surface area contributed by atoms with Gasteiger partial charge in [0.05, 0.1) is 11.2 Å². The van der Waals surface area contributed by atoms with E-state index in [1.807, 2.05) is 17.3 Å². The Hall–Kier alpha value is -2.68. The molecule has 9 heteroatoms. The van der Waals surface area contributed by atoms with Crippen molar-refractivity contribution in [2.45, 2.75) is 12.8 Å². The molecule has 3 rings (SSSR count). The first kappa shape index (κ1) is 18.1. The van der Waals surface area contributed by atoms with Gasteiger partial charge < -0.3 is 9.64 Å². The molecule has 1 aromatic carbocycles. The number of hydrogen-bond donors (Lipinski definition) is 0. The number of likely N-dealkylation sites (N-methyl/N-ethyl adjacent to an activating group) is 1. The van der Waals surface area contributed by atoms with Crippen molar-refractivity contribution in [3.05, 3.63) is 53.2 Å². The highest BCUT2D eigenvalue weighted by Crippen LogP contribution is 2.26. The third-order valence-electron chi connectivity index (χ3n) is 3.59. The van der Waals surface area contributed by atoms with Crippen molar-refractivity contribution in [1.29, 1.82) is 0 Å². The zero-order valence-electron chi connectivity index (χ0n) is 13.8. The average Bonchev–Trinajstić information content (AvgIpc) is 3.13. The molecule has 0 spiro atoms. The van der Waals surface area contributed by atoms with Crippen molar-refractivity contribution >= 4 is 17.3 Å². The lowest BCUT2D eigenvalue weighted by molar-refractivity contribution is -0.274. The fourth-order valence-electron chi connectivity index (χ4n) is 2.26. The van der Waals surface area contributed by atoms with Gasteiger partial charge in [-0.05, 0) is 17.7 Å². The lowest BCUT2D eigenvalue weighted by atomic mass is 10.1. The summed E-state index contributed by atoms with van der Waals surface area (Å²) in [6, 6.07) is 5.59. The molecule has 0 radical (unpaired) electrons. The van der Waals surface area contributed by atoms with Crippen molar-refractivity contribution in [2.75, 3.05) is 18.5 Å². The molecule has 136 valence electrons. The van der Waals surface area contributed by atoms with Gasteiger partial charge in [-0.1, -0.05) is 12.1 Å². The molecule has 0 aliphatic rings. The molecule has 0 saturated carbocycles. The van der Waals surface area contributed by atoms with Crippen LogP contribution in [-0.4, -0.2) is 34.9 Å². The second kappa shape index (κ2) is 7.69. The number of alkyl halides is 3. The van der Waals surface area contributed by atoms with Crippen LogP contribution in [0.1, 0.15) is 5.69 Å². The number of nitrogens with zero attached hydrogens (tertiary/aromatic N) is 4. The Balaban J connectivity index is 1.63. The van der Waals surface area contributed by atoms with Gasteiger partial charge in [0, 0.05) is 43.4 Å². The van der Waals surface area contributed by atoms with E-state index in [0.717, 1.165) is 18.7 Å². The van der Waals surface area contributed by atoms with Crippen LogP contribution in [-0.2, 0) is 6.42 Å². The van der Waals surface area contributed by atoms with E-state index in [9.17, 15) is 13.2 Å². The zero-order valence-corrected chi connectivity index (χ0v) is 14.6. The van der Waals surface area contributed by atoms with Crippen LogP contribution in [0.25, 0.3) is 11.1 Å². The first-order valence-electron chi connectivity index (χ1n) is 7.67. The van der Waals surface area contributed by atoms with E-state index in [0.29, 0.717) is 17.1 Å². The maximum Gasteiger partial charge on any atom is 0.573 e. The molecular formula is C17H15F3N4OS. The summed E-state index contributed by atoms with van der Waals surface area (Å²) >= 11 is 1.56. The van der Waals surface area contributed by atoms with Crippen LogP contribution in [0, 0.1) is 0 Å². The molecule has 0 bridgehead atoms. The van der Waals surface area contributed by atoms with E-state index >= 15 is 0 Å². The van der Waals surface area contributed by atoms with Crippen LogP contribution in [0.4, 0.5) is 19.1 Å². The highest BCUT2D eigenvalue weighted by molar-refractivity contribution is 7.07. The topological polar surface area (TPSA) is 51.1 Å². The minimum atomic E-state index is -4.70. The number of ether oxygens (including phenoxy) is 1. The molecule has 0 saturated heterocycles. The van der Waals surface area contributed by atoms with Gasteiger partial charge >= 0.3 is 6.36 Å². The summed E-state index contributed by atoms with van der Waals surface area (Å²) in [6.45, 7) is 0.729. The minimum Gasteiger partial charge on any atom is -0.406 e. The highest BCUT2D eigenvalue weighted by Gasteiger charge is 2.30. The highest BCUT2D eigenvalue weighted by atomic mass is 32.1. The molecular weight excluding hydrogens is 365 g/mol. The fraction of sp³-hybridized carbons (Fsp3) is 0.235. The predicted molar refractivity (Wildman–Crippen MR) is 93.2 cm³/mol. The average molecular weight is 380 g/mol. The number of aromatic nitrogens is 3. The van der Waals surface area contributed by atoms with Gasteiger partial charge in [-0.3, -0.25) is 0 Å². The van der Waals surface area contributed by atoms with E-state index in [1.165, 1.54) is 24.3 Å². The van der Waals surface area contributed by atoms with Gasteiger partial charge in [-0.25, -0.2) is 15.0 Å². The summed E-state index contributed by atoms with van der Waals surface area (Å²) in [5.41, 5.74) is 4.24. The molecule has 2 aromatic heterocycles. The lowest BCUT2D eigenvalue weighted by Gasteiger charge is -2.16. The molecule has 0 aliphatic carbocycles. The molecule has 0 amide bonds. The van der Waals surface area contributed by atoms with Crippen LogP contribution in [0.5, 0.6) is 5.75 Å². The van der Waals surface area contributed by atoms with Crippen molar-refractivity contribution < 1.29 is 17.9 Å². The molecule has 5 nitrogen and oxygen atoms in total. The minimum absolute atomic E-state index is 0.263. The van der Waals surface area contributed by atoms with Crippen LogP contribution in [0.2, 0.25) is 0 Å². The Morgan fingerprint density at radius 2 is 1.73 bits per heavy atom. The third kappa shape index (κ3) is 4.92. The van der Waals surface area contributed by atoms with Crippen LogP contribution >= 0.6 is 11.3 Å². The first-order valence-corrected chi connectivity index (χ1v) is 8.61. The molecule has 0 fully saturated rings. The molecule has 0 unspecified atom stereocenters. The summed E-state index contributed by atoms with van der Waals surface area (Å²) < 4.78 is 40.4. The standard InChI is InChI=1S/C17H15F3N4OS/c1-24(7-6-14-10-26-11-23-14)16-21-8-13(9-22-16)12-2-4-15(5-3-12)25-17(18,19)20/h2-5,8-11H,6-7H2,1H3. The van der Waals surface area contributed by atoms with Gasteiger partial charge in [-0.15, -0.1) is 24.5 Å². The maximum atomic E-state index is 12.2. The maximum absolute atomic E-state index is 12.2. The summed E-state index contributed by atoms with van der Waals surface area (Å²) in [5, 5.41) is 2.00. The SMILES string of the molecule is CN(CCc1cscn1)c1ncc(-c2ccc(OC(F)(F)F)cc2)cn1. The van der Waals surface area contributed by atoms with Crippen LogP contribution < -0.4 is 9.64 Å². The molecule has 26 heavy (non-hydrogen) atoms. The molecule has 0 atom stereocenters. The number of anilines is 1. The van der Waals surface area contributed by atoms with Crippen molar-refractivity contribution in [3.63, 3.8) is 0 Å². The number of thiazole rings is 1. The summed E-state index contributed by atoms with van der Waals surface area (Å²) in [6.07, 6.45) is -0.621. The van der Waals surface area contributed by atoms with Gasteiger partial charge in [0.15, 0.2) is 0 Å². The van der Waals surface area contributed by atoms with Crippen molar-refractivity contribution in [1.82, 2.24) is 15.0 Å². The Labute approximate surface area is 152 Å². The van der Waals surface area contributed by atoms with Crippen LogP contribution in [0.15, 0.2) is 47.5 Å². The first-order chi connectivity index (χ1) is 12.4. The Morgan fingerprint density at radius 3 is 2.31 bits per heavy atom. The normalized spacial score (nSPS) is 11.4. The second-order valence-electron chi connectivity index (χ2n) is 5.50. The van der Waals surface area contributed by atoms with Gasteiger partial charge in [0.1, 0.15) is 5.75 Å². The largest absolute Gasteiger partial charge is 0.573 e. The number of hydrogen-bond acceptors (Lipinski definition) is 6. The second-order valence-corrected chi connectivity index (χ2v) is 6.21. The monoisotopic (exact) mass is 380 g/mol. The van der Waals surface area contributed by atoms with E-state index in [-0.39, 0.29) is 5.75 Å². The van der Waals surface area contributed by atoms with Gasteiger partial charge in [0.2, 0.25) is 5.95 Å². The summed E-state index contributed by atoms with van der Waals surface area (Å²) in [5.74, 6) is 0.307. The van der Waals surface area contributed by atoms with Crippen LogP contribution in [0.3, 0.4) is 0 Å². The van der Waals surface area contributed by atoms with E-state index in [1.54, 1.807) is 29.2 Å². The Morgan fingerprint density at radius 1 is 1.04 bits per heavy atom. The zero-order chi connectivity index (χ0) is 18.6. The summed E-state index contributed by atoms with van der Waals surface area (Å²) in [4.78, 5) is 14.8. The lowest BCUT2D eigenvalue weighted by Crippen LogP contribution is -2.22. The Bertz CT molecular complexity index is 821. The molecule has 3 aromatic rings. The van der Waals surface area contributed by atoms with Gasteiger partial charge in [0.25, 0.3) is 0 Å². The number of benzene rings is 1. The smallest absolute Gasteiger partial charge is 0.406 e. The molecule has 0 aliphatic heterocycles. The Kier molecular flexibility index (Phi) is 5.36. The number of halogens is 3. The molecule has 0 N–H and O–H groups in total. The predicted octanol–water partition coefficient (Wildman–Crippen LogP) is 4.18. The van der Waals surface area contributed by atoms with E-state index in [4.69, 9.17) is 0 Å². The van der Waals surface area contributed by atoms with E-state index in [2.05, 4.69) is 19.7 Å². The van der Waals surface area contributed by atoms with E-state index < -0.39 is 6.36 Å².